The highest BCUT2D eigenvalue weighted by atomic mass is 35.5. The Kier molecular flexibility index (Phi) is 4.97. The molecule has 0 spiro atoms. The van der Waals surface area contributed by atoms with Crippen molar-refractivity contribution in [2.75, 3.05) is 13.1 Å². The van der Waals surface area contributed by atoms with Crippen LogP contribution in [0.4, 0.5) is 0 Å². The molecule has 1 aromatic rings. The zero-order chi connectivity index (χ0) is 16.4. The molecule has 4 nitrogen and oxygen atoms in total. The van der Waals surface area contributed by atoms with Crippen LogP contribution >= 0.6 is 11.6 Å². The zero-order valence-electron chi connectivity index (χ0n) is 13.1. The van der Waals surface area contributed by atoms with Gasteiger partial charge in [-0.15, -0.1) is 0 Å². The molecule has 1 saturated heterocycles. The van der Waals surface area contributed by atoms with Crippen molar-refractivity contribution >= 4 is 27.3 Å². The van der Waals surface area contributed by atoms with Crippen LogP contribution in [-0.2, 0) is 14.6 Å². The Labute approximate surface area is 142 Å². The molecule has 2 fully saturated rings. The first-order chi connectivity index (χ1) is 11.0. The average molecular weight is 356 g/mol. The summed E-state index contributed by atoms with van der Waals surface area (Å²) in [6, 6.07) is 6.23. The number of hydrogen-bond acceptors (Lipinski definition) is 3. The van der Waals surface area contributed by atoms with E-state index in [1.54, 1.807) is 17.0 Å². The van der Waals surface area contributed by atoms with E-state index in [1.807, 2.05) is 0 Å². The van der Waals surface area contributed by atoms with Crippen LogP contribution in [0, 0.1) is 5.92 Å². The van der Waals surface area contributed by atoms with Crippen molar-refractivity contribution in [2.24, 2.45) is 5.92 Å². The summed E-state index contributed by atoms with van der Waals surface area (Å²) in [7, 11) is -3.37. The number of carbonyl (C=O) groups is 1. The Hall–Kier alpha value is -1.07. The Morgan fingerprint density at radius 1 is 1.09 bits per heavy atom. The number of likely N-dealkylation sites (tertiary alicyclic amines) is 1. The molecule has 0 unspecified atom stereocenters. The third-order valence-electron chi connectivity index (χ3n) is 4.97. The van der Waals surface area contributed by atoms with Gasteiger partial charge in [0.05, 0.1) is 4.90 Å². The number of amides is 1. The molecular weight excluding hydrogens is 334 g/mol. The molecule has 0 aromatic heterocycles. The fourth-order valence-corrected chi connectivity index (χ4v) is 5.20. The van der Waals surface area contributed by atoms with Gasteiger partial charge in [0, 0.05) is 24.5 Å². The highest BCUT2D eigenvalue weighted by Crippen LogP contribution is 2.29. The number of rotatable bonds is 4. The number of halogens is 1. The normalized spacial score (nSPS) is 20.3. The quantitative estimate of drug-likeness (QED) is 0.832. The summed E-state index contributed by atoms with van der Waals surface area (Å²) in [6.07, 6.45) is 6.54. The summed E-state index contributed by atoms with van der Waals surface area (Å²) < 4.78 is 25.0. The summed E-state index contributed by atoms with van der Waals surface area (Å²) in [6.45, 7) is 0.632. The molecule has 3 rings (SSSR count). The summed E-state index contributed by atoms with van der Waals surface area (Å²) in [5.74, 6) is 0.600. The van der Waals surface area contributed by atoms with Gasteiger partial charge in [0.15, 0.2) is 9.84 Å². The fourth-order valence-electron chi connectivity index (χ4n) is 3.42. The minimum Gasteiger partial charge on any atom is -0.340 e. The second-order valence-electron chi connectivity index (χ2n) is 6.63. The number of benzene rings is 1. The van der Waals surface area contributed by atoms with Gasteiger partial charge in [-0.3, -0.25) is 4.79 Å². The van der Waals surface area contributed by atoms with Gasteiger partial charge in [0.1, 0.15) is 5.25 Å². The summed E-state index contributed by atoms with van der Waals surface area (Å²) >= 11 is 5.80. The molecule has 2 aliphatic rings. The van der Waals surface area contributed by atoms with E-state index in [0.29, 0.717) is 30.5 Å². The first-order valence-corrected chi connectivity index (χ1v) is 10.2. The molecule has 0 radical (unpaired) electrons. The molecule has 23 heavy (non-hydrogen) atoms. The highest BCUT2D eigenvalue weighted by Gasteiger charge is 2.40. The minimum absolute atomic E-state index is 0.111. The predicted octanol–water partition coefficient (Wildman–Crippen LogP) is 3.29. The first kappa shape index (κ1) is 16.8. The van der Waals surface area contributed by atoms with Crippen molar-refractivity contribution in [2.45, 2.75) is 48.7 Å². The van der Waals surface area contributed by atoms with Crippen molar-refractivity contribution in [1.82, 2.24) is 4.90 Å². The van der Waals surface area contributed by atoms with Crippen molar-refractivity contribution in [1.29, 1.82) is 0 Å². The lowest BCUT2D eigenvalue weighted by Crippen LogP contribution is -2.57. The van der Waals surface area contributed by atoms with Crippen LogP contribution < -0.4 is 0 Å². The molecule has 1 aliphatic carbocycles. The molecule has 1 heterocycles. The lowest BCUT2D eigenvalue weighted by Gasteiger charge is -2.39. The van der Waals surface area contributed by atoms with Gasteiger partial charge < -0.3 is 4.90 Å². The number of sulfone groups is 1. The lowest BCUT2D eigenvalue weighted by molar-refractivity contribution is -0.135. The van der Waals surface area contributed by atoms with E-state index in [-0.39, 0.29) is 10.8 Å². The minimum atomic E-state index is -3.37. The maximum Gasteiger partial charge on any atom is 0.222 e. The van der Waals surface area contributed by atoms with Gasteiger partial charge in [0.25, 0.3) is 0 Å². The van der Waals surface area contributed by atoms with E-state index in [2.05, 4.69) is 0 Å². The van der Waals surface area contributed by atoms with Crippen LogP contribution in [0.1, 0.15) is 38.5 Å². The van der Waals surface area contributed by atoms with Gasteiger partial charge in [0.2, 0.25) is 5.91 Å². The number of carbonyl (C=O) groups excluding carboxylic acids is 1. The molecule has 1 saturated carbocycles. The second kappa shape index (κ2) is 6.81. The van der Waals surface area contributed by atoms with Crippen LogP contribution in [0.15, 0.2) is 29.2 Å². The summed E-state index contributed by atoms with van der Waals surface area (Å²) in [5.41, 5.74) is 0. The van der Waals surface area contributed by atoms with Crippen molar-refractivity contribution < 1.29 is 13.2 Å². The smallest absolute Gasteiger partial charge is 0.222 e. The third kappa shape index (κ3) is 3.72. The van der Waals surface area contributed by atoms with Gasteiger partial charge in [-0.05, 0) is 43.0 Å². The maximum absolute atomic E-state index is 12.5. The van der Waals surface area contributed by atoms with E-state index in [0.717, 1.165) is 12.8 Å². The third-order valence-corrected chi connectivity index (χ3v) is 7.33. The topological polar surface area (TPSA) is 54.5 Å². The summed E-state index contributed by atoms with van der Waals surface area (Å²) in [4.78, 5) is 14.2. The van der Waals surface area contributed by atoms with Crippen LogP contribution in [-0.4, -0.2) is 37.6 Å². The molecule has 1 amide bonds. The Bertz CT molecular complexity index is 660. The highest BCUT2D eigenvalue weighted by molar-refractivity contribution is 7.92. The van der Waals surface area contributed by atoms with E-state index >= 15 is 0 Å². The standard InChI is InChI=1S/C17H22ClNO3S/c18-14-6-8-15(9-7-14)23(21,22)16-11-19(12-16)17(20)10-13-4-2-1-3-5-13/h6-9,13,16H,1-5,10-12H2. The monoisotopic (exact) mass is 355 g/mol. The molecule has 6 heteroatoms. The Morgan fingerprint density at radius 2 is 1.70 bits per heavy atom. The maximum atomic E-state index is 12.5. The summed E-state index contributed by atoms with van der Waals surface area (Å²) in [5, 5.41) is 0.0285. The van der Waals surface area contributed by atoms with Crippen LogP contribution in [0.25, 0.3) is 0 Å². The predicted molar refractivity (Wildman–Crippen MR) is 90.2 cm³/mol. The van der Waals surface area contributed by atoms with E-state index in [4.69, 9.17) is 11.6 Å². The Morgan fingerprint density at radius 3 is 2.30 bits per heavy atom. The van der Waals surface area contributed by atoms with Crippen LogP contribution in [0.2, 0.25) is 5.02 Å². The molecule has 126 valence electrons. The van der Waals surface area contributed by atoms with Gasteiger partial charge in [-0.2, -0.15) is 0 Å². The molecule has 0 N–H and O–H groups in total. The molecule has 0 atom stereocenters. The number of hydrogen-bond donors (Lipinski definition) is 0. The van der Waals surface area contributed by atoms with Gasteiger partial charge >= 0.3 is 0 Å². The number of nitrogens with zero attached hydrogens (tertiary/aromatic N) is 1. The van der Waals surface area contributed by atoms with Crippen LogP contribution in [0.5, 0.6) is 0 Å². The second-order valence-corrected chi connectivity index (χ2v) is 9.29. The van der Waals surface area contributed by atoms with Crippen molar-refractivity contribution in [3.63, 3.8) is 0 Å². The van der Waals surface area contributed by atoms with Crippen molar-refractivity contribution in [3.05, 3.63) is 29.3 Å². The first-order valence-electron chi connectivity index (χ1n) is 8.24. The van der Waals surface area contributed by atoms with E-state index < -0.39 is 15.1 Å². The van der Waals surface area contributed by atoms with E-state index in [1.165, 1.54) is 31.4 Å². The largest absolute Gasteiger partial charge is 0.340 e. The van der Waals surface area contributed by atoms with Crippen molar-refractivity contribution in [3.8, 4) is 0 Å². The lowest BCUT2D eigenvalue weighted by atomic mass is 9.86. The van der Waals surface area contributed by atoms with Gasteiger partial charge in [-0.25, -0.2) is 8.42 Å². The Balaban J connectivity index is 1.55. The van der Waals surface area contributed by atoms with E-state index in [9.17, 15) is 13.2 Å². The SMILES string of the molecule is O=C(CC1CCCCC1)N1CC(S(=O)(=O)c2ccc(Cl)cc2)C1. The molecule has 0 bridgehead atoms. The zero-order valence-corrected chi connectivity index (χ0v) is 14.7. The molecule has 1 aromatic carbocycles. The average Bonchev–Trinajstić information content (AvgIpc) is 2.46. The molecular formula is C17H22ClNO3S. The van der Waals surface area contributed by atoms with Crippen LogP contribution in [0.3, 0.4) is 0 Å². The fraction of sp³-hybridized carbons (Fsp3) is 0.588. The van der Waals surface area contributed by atoms with Gasteiger partial charge in [-0.1, -0.05) is 30.9 Å². The molecule has 1 aliphatic heterocycles.